The first-order chi connectivity index (χ1) is 12.1. The third-order valence-electron chi connectivity index (χ3n) is 3.81. The number of rotatable bonds is 5. The third kappa shape index (κ3) is 3.71. The first kappa shape index (κ1) is 16.8. The van der Waals surface area contributed by atoms with E-state index in [1.165, 1.54) is 12.3 Å². The Morgan fingerprint density at radius 1 is 1.16 bits per heavy atom. The predicted octanol–water partition coefficient (Wildman–Crippen LogP) is 2.70. The Hall–Kier alpha value is -3.09. The van der Waals surface area contributed by atoms with Gasteiger partial charge in [0.2, 0.25) is 5.91 Å². The van der Waals surface area contributed by atoms with Gasteiger partial charge >= 0.3 is 11.9 Å². The number of amides is 1. The van der Waals surface area contributed by atoms with Crippen molar-refractivity contribution in [2.45, 2.75) is 26.4 Å². The maximum Gasteiger partial charge on any atom is 0.341 e. The van der Waals surface area contributed by atoms with Crippen molar-refractivity contribution in [3.05, 3.63) is 53.0 Å². The van der Waals surface area contributed by atoms with Gasteiger partial charge in [0.1, 0.15) is 5.56 Å². The van der Waals surface area contributed by atoms with Crippen LogP contribution in [0.3, 0.4) is 0 Å². The number of hydrogen-bond donors (Lipinski definition) is 1. The van der Waals surface area contributed by atoms with E-state index in [2.05, 4.69) is 5.32 Å². The molecule has 1 aromatic carbocycles. The van der Waals surface area contributed by atoms with E-state index in [0.717, 1.165) is 5.56 Å². The van der Waals surface area contributed by atoms with Gasteiger partial charge in [-0.1, -0.05) is 0 Å². The van der Waals surface area contributed by atoms with Crippen molar-refractivity contribution in [1.82, 2.24) is 0 Å². The van der Waals surface area contributed by atoms with Gasteiger partial charge in [-0.3, -0.25) is 4.79 Å². The zero-order valence-corrected chi connectivity index (χ0v) is 13.7. The smallest absolute Gasteiger partial charge is 0.341 e. The molecular formula is C18H17NO6. The molecule has 0 bridgehead atoms. The summed E-state index contributed by atoms with van der Waals surface area (Å²) >= 11 is 0. The molecule has 1 N–H and O–H groups in total. The second kappa shape index (κ2) is 7.21. The minimum Gasteiger partial charge on any atom is -0.465 e. The molecule has 7 heteroatoms. The molecule has 0 radical (unpaired) electrons. The van der Waals surface area contributed by atoms with Crippen molar-refractivity contribution in [2.75, 3.05) is 11.9 Å². The lowest BCUT2D eigenvalue weighted by Crippen LogP contribution is -2.19. The highest BCUT2D eigenvalue weighted by Crippen LogP contribution is 2.24. The molecule has 130 valence electrons. The van der Waals surface area contributed by atoms with Crippen molar-refractivity contribution in [3.8, 4) is 0 Å². The summed E-state index contributed by atoms with van der Waals surface area (Å²) in [5.41, 5.74) is 2.21. The monoisotopic (exact) mass is 343 g/mol. The van der Waals surface area contributed by atoms with Crippen LogP contribution in [0.2, 0.25) is 0 Å². The Kier molecular flexibility index (Phi) is 4.83. The Morgan fingerprint density at radius 3 is 2.80 bits per heavy atom. The van der Waals surface area contributed by atoms with E-state index in [4.69, 9.17) is 13.9 Å². The van der Waals surface area contributed by atoms with Gasteiger partial charge in [-0.15, -0.1) is 0 Å². The number of ether oxygens (including phenoxy) is 2. The lowest BCUT2D eigenvalue weighted by molar-refractivity contribution is -0.116. The molecule has 2 heterocycles. The molecule has 25 heavy (non-hydrogen) atoms. The van der Waals surface area contributed by atoms with Gasteiger partial charge in [0.25, 0.3) is 0 Å². The maximum absolute atomic E-state index is 12.2. The number of furan rings is 1. The molecule has 3 rings (SSSR count). The standard InChI is InChI=1S/C18H17NO6/c1-2-23-18(22)13-7-8-24-15(13)10-25-17(21)12-3-5-14-11(9-12)4-6-16(20)19-14/h3,5,7-9H,2,4,6,10H2,1H3,(H,19,20). The molecule has 0 unspecified atom stereocenters. The first-order valence-corrected chi connectivity index (χ1v) is 7.92. The number of carbonyl (C=O) groups is 3. The number of fused-ring (bicyclic) bond motifs is 1. The largest absolute Gasteiger partial charge is 0.465 e. The van der Waals surface area contributed by atoms with Crippen LogP contribution in [-0.4, -0.2) is 24.5 Å². The Balaban J connectivity index is 1.67. The lowest BCUT2D eigenvalue weighted by Gasteiger charge is -2.17. The number of esters is 2. The summed E-state index contributed by atoms with van der Waals surface area (Å²) in [5, 5.41) is 2.75. The molecule has 1 aliphatic heterocycles. The second-order valence-corrected chi connectivity index (χ2v) is 5.47. The zero-order chi connectivity index (χ0) is 17.8. The van der Waals surface area contributed by atoms with Crippen molar-refractivity contribution in [3.63, 3.8) is 0 Å². The van der Waals surface area contributed by atoms with Crippen LogP contribution in [0.1, 0.15) is 45.4 Å². The van der Waals surface area contributed by atoms with Crippen LogP contribution in [0.15, 0.2) is 34.9 Å². The minimum absolute atomic E-state index is 0.0351. The highest BCUT2D eigenvalue weighted by Gasteiger charge is 2.20. The highest BCUT2D eigenvalue weighted by atomic mass is 16.5. The van der Waals surface area contributed by atoms with E-state index < -0.39 is 11.9 Å². The van der Waals surface area contributed by atoms with Gasteiger partial charge in [-0.2, -0.15) is 0 Å². The van der Waals surface area contributed by atoms with Crippen LogP contribution in [0.4, 0.5) is 5.69 Å². The summed E-state index contributed by atoms with van der Waals surface area (Å²) in [6.45, 7) is 1.78. The average molecular weight is 343 g/mol. The van der Waals surface area contributed by atoms with Gasteiger partial charge in [0.05, 0.1) is 18.4 Å². The van der Waals surface area contributed by atoms with Gasteiger partial charge in [0, 0.05) is 12.1 Å². The van der Waals surface area contributed by atoms with E-state index in [1.807, 2.05) is 0 Å². The van der Waals surface area contributed by atoms with Crippen LogP contribution in [0.25, 0.3) is 0 Å². The molecule has 0 fully saturated rings. The molecule has 0 aliphatic carbocycles. The molecule has 0 spiro atoms. The highest BCUT2D eigenvalue weighted by molar-refractivity contribution is 5.96. The summed E-state index contributed by atoms with van der Waals surface area (Å²) in [6.07, 6.45) is 2.31. The fourth-order valence-corrected chi connectivity index (χ4v) is 2.57. The molecule has 1 aromatic heterocycles. The summed E-state index contributed by atoms with van der Waals surface area (Å²) in [4.78, 5) is 35.4. The van der Waals surface area contributed by atoms with Crippen molar-refractivity contribution >= 4 is 23.5 Å². The molecule has 1 aliphatic rings. The van der Waals surface area contributed by atoms with Gasteiger partial charge in [0.15, 0.2) is 12.4 Å². The normalized spacial score (nSPS) is 12.9. The number of hydrogen-bond acceptors (Lipinski definition) is 6. The number of nitrogens with one attached hydrogen (secondary N) is 1. The summed E-state index contributed by atoms with van der Waals surface area (Å²) in [7, 11) is 0. The summed E-state index contributed by atoms with van der Waals surface area (Å²) in [5.74, 6) is -0.859. The predicted molar refractivity (Wildman–Crippen MR) is 87.2 cm³/mol. The van der Waals surface area contributed by atoms with E-state index in [9.17, 15) is 14.4 Å². The number of benzene rings is 1. The quantitative estimate of drug-likeness (QED) is 0.839. The molecule has 0 atom stereocenters. The topological polar surface area (TPSA) is 94.8 Å². The number of aryl methyl sites for hydroxylation is 1. The molecule has 2 aromatic rings. The molecular weight excluding hydrogens is 326 g/mol. The Labute approximate surface area is 143 Å². The van der Waals surface area contributed by atoms with E-state index in [-0.39, 0.29) is 30.4 Å². The fourth-order valence-electron chi connectivity index (χ4n) is 2.57. The van der Waals surface area contributed by atoms with Gasteiger partial charge < -0.3 is 19.2 Å². The van der Waals surface area contributed by atoms with Crippen LogP contribution in [0.5, 0.6) is 0 Å². The summed E-state index contributed by atoms with van der Waals surface area (Å²) in [6, 6.07) is 6.44. The minimum atomic E-state index is -0.536. The van der Waals surface area contributed by atoms with Crippen molar-refractivity contribution < 1.29 is 28.3 Å². The molecule has 7 nitrogen and oxygen atoms in total. The van der Waals surface area contributed by atoms with Crippen LogP contribution in [-0.2, 0) is 27.3 Å². The summed E-state index contributed by atoms with van der Waals surface area (Å²) < 4.78 is 15.3. The Bertz CT molecular complexity index is 823. The van der Waals surface area contributed by atoms with E-state index in [1.54, 1.807) is 25.1 Å². The second-order valence-electron chi connectivity index (χ2n) is 5.47. The van der Waals surface area contributed by atoms with Gasteiger partial charge in [-0.25, -0.2) is 9.59 Å². The van der Waals surface area contributed by atoms with Crippen molar-refractivity contribution in [1.29, 1.82) is 0 Å². The zero-order valence-electron chi connectivity index (χ0n) is 13.7. The Morgan fingerprint density at radius 2 is 2.00 bits per heavy atom. The molecule has 1 amide bonds. The molecule has 0 saturated carbocycles. The van der Waals surface area contributed by atoms with Crippen LogP contribution in [0, 0.1) is 0 Å². The van der Waals surface area contributed by atoms with E-state index >= 15 is 0 Å². The van der Waals surface area contributed by atoms with E-state index in [0.29, 0.717) is 24.1 Å². The maximum atomic E-state index is 12.2. The first-order valence-electron chi connectivity index (χ1n) is 7.92. The lowest BCUT2D eigenvalue weighted by atomic mass is 10.0. The SMILES string of the molecule is CCOC(=O)c1ccoc1COC(=O)c1ccc2c(c1)CCC(=O)N2. The number of carbonyl (C=O) groups excluding carboxylic acids is 3. The van der Waals surface area contributed by atoms with Crippen LogP contribution < -0.4 is 5.32 Å². The van der Waals surface area contributed by atoms with Gasteiger partial charge in [-0.05, 0) is 43.2 Å². The average Bonchev–Trinajstić information content (AvgIpc) is 3.08. The third-order valence-corrected chi connectivity index (χ3v) is 3.81. The fraction of sp³-hybridized carbons (Fsp3) is 0.278. The van der Waals surface area contributed by atoms with Crippen molar-refractivity contribution in [2.24, 2.45) is 0 Å². The van der Waals surface area contributed by atoms with Crippen LogP contribution >= 0.6 is 0 Å². The molecule has 0 saturated heterocycles. The number of anilines is 1.